The molecule has 2 aromatic carbocycles. The second-order valence-electron chi connectivity index (χ2n) is 4.63. The van der Waals surface area contributed by atoms with Gasteiger partial charge in [0.25, 0.3) is 0 Å². The molecule has 2 aromatic rings. The Balaban J connectivity index is 2.56. The topological polar surface area (TPSA) is 12.0 Å². The Morgan fingerprint density at radius 1 is 1.05 bits per heavy atom. The third kappa shape index (κ3) is 3.53. The molecule has 0 saturated heterocycles. The van der Waals surface area contributed by atoms with Crippen LogP contribution in [0.5, 0.6) is 0 Å². The zero-order valence-corrected chi connectivity index (χ0v) is 16.1. The molecule has 0 saturated carbocycles. The molecule has 0 aliphatic heterocycles. The predicted octanol–water partition coefficient (Wildman–Crippen LogP) is 5.98. The third-order valence-corrected chi connectivity index (χ3v) is 5.51. The average Bonchev–Trinajstić information content (AvgIpc) is 2.43. The van der Waals surface area contributed by atoms with E-state index in [-0.39, 0.29) is 6.04 Å². The first-order valence-electron chi connectivity index (χ1n) is 6.48. The first-order chi connectivity index (χ1) is 9.54. The van der Waals surface area contributed by atoms with E-state index in [1.165, 1.54) is 16.7 Å². The minimum absolute atomic E-state index is 0.154. The van der Waals surface area contributed by atoms with E-state index in [4.69, 9.17) is 0 Å². The van der Waals surface area contributed by atoms with E-state index >= 15 is 0 Å². The van der Waals surface area contributed by atoms with Crippen molar-refractivity contribution in [3.05, 3.63) is 66.5 Å². The van der Waals surface area contributed by atoms with Crippen LogP contribution in [0.3, 0.4) is 0 Å². The summed E-state index contributed by atoms with van der Waals surface area (Å²) in [5.74, 6) is 0. The Kier molecular flexibility index (Phi) is 5.84. The van der Waals surface area contributed by atoms with Crippen LogP contribution in [0.1, 0.15) is 29.7 Å². The zero-order valence-electron chi connectivity index (χ0n) is 11.4. The normalized spacial score (nSPS) is 12.4. The van der Waals surface area contributed by atoms with Crippen molar-refractivity contribution in [2.24, 2.45) is 0 Å². The van der Waals surface area contributed by atoms with Gasteiger partial charge in [-0.1, -0.05) is 72.9 Å². The van der Waals surface area contributed by atoms with E-state index in [1.54, 1.807) is 0 Å². The van der Waals surface area contributed by atoms with Crippen LogP contribution in [0.4, 0.5) is 0 Å². The Labute approximate surface area is 145 Å². The van der Waals surface area contributed by atoms with Gasteiger partial charge in [0.2, 0.25) is 0 Å². The van der Waals surface area contributed by atoms with Crippen molar-refractivity contribution in [1.29, 1.82) is 0 Å². The first-order valence-corrected chi connectivity index (χ1v) is 8.85. The number of hydrogen-bond acceptors (Lipinski definition) is 1. The zero-order chi connectivity index (χ0) is 14.7. The molecule has 0 aromatic heterocycles. The molecule has 0 aliphatic carbocycles. The summed E-state index contributed by atoms with van der Waals surface area (Å²) < 4.78 is 3.36. The smallest absolute Gasteiger partial charge is 0.0599 e. The van der Waals surface area contributed by atoms with Crippen LogP contribution in [0.15, 0.2) is 49.8 Å². The minimum Gasteiger partial charge on any atom is -0.306 e. The fourth-order valence-electron chi connectivity index (χ4n) is 2.22. The van der Waals surface area contributed by atoms with Gasteiger partial charge in [-0.05, 0) is 48.4 Å². The van der Waals surface area contributed by atoms with Crippen molar-refractivity contribution in [2.45, 2.75) is 19.9 Å². The summed E-state index contributed by atoms with van der Waals surface area (Å²) in [6, 6.07) is 12.8. The Morgan fingerprint density at radius 2 is 1.80 bits per heavy atom. The number of hydrogen-bond donors (Lipinski definition) is 1. The number of nitrogens with one attached hydrogen (secondary N) is 1. The van der Waals surface area contributed by atoms with E-state index in [1.807, 2.05) is 6.07 Å². The minimum atomic E-state index is 0.154. The average molecular weight is 462 g/mol. The van der Waals surface area contributed by atoms with Gasteiger partial charge in [-0.2, -0.15) is 0 Å². The molecule has 1 nitrogen and oxygen atoms in total. The summed E-state index contributed by atoms with van der Waals surface area (Å²) in [5.41, 5.74) is 3.73. The highest BCUT2D eigenvalue weighted by atomic mass is 79.9. The molecular formula is C16H16Br3N. The van der Waals surface area contributed by atoms with Gasteiger partial charge < -0.3 is 5.32 Å². The standard InChI is InChI=1S/C16H16Br3N/c1-3-20-16(12-6-4-5-10(2)15(12)19)13-9-11(17)7-8-14(13)18/h4-9,16,20H,3H2,1-2H3. The molecule has 0 bridgehead atoms. The lowest BCUT2D eigenvalue weighted by Gasteiger charge is -2.22. The van der Waals surface area contributed by atoms with Crippen LogP contribution in [-0.2, 0) is 0 Å². The van der Waals surface area contributed by atoms with Gasteiger partial charge in [0, 0.05) is 13.4 Å². The summed E-state index contributed by atoms with van der Waals surface area (Å²) in [6.45, 7) is 5.15. The van der Waals surface area contributed by atoms with Gasteiger partial charge in [0.05, 0.1) is 6.04 Å². The quantitative estimate of drug-likeness (QED) is 0.590. The molecule has 4 heteroatoms. The van der Waals surface area contributed by atoms with E-state index in [2.05, 4.69) is 97.3 Å². The van der Waals surface area contributed by atoms with E-state index < -0.39 is 0 Å². The van der Waals surface area contributed by atoms with Crippen LogP contribution in [-0.4, -0.2) is 6.54 Å². The summed E-state index contributed by atoms with van der Waals surface area (Å²) in [5, 5.41) is 3.57. The number of halogens is 3. The lowest BCUT2D eigenvalue weighted by molar-refractivity contribution is 0.625. The summed E-state index contributed by atoms with van der Waals surface area (Å²) in [4.78, 5) is 0. The van der Waals surface area contributed by atoms with Crippen molar-refractivity contribution < 1.29 is 0 Å². The number of aryl methyl sites for hydroxylation is 1. The van der Waals surface area contributed by atoms with Gasteiger partial charge in [0.1, 0.15) is 0 Å². The molecule has 20 heavy (non-hydrogen) atoms. The maximum absolute atomic E-state index is 3.72. The predicted molar refractivity (Wildman–Crippen MR) is 96.2 cm³/mol. The van der Waals surface area contributed by atoms with E-state index in [0.29, 0.717) is 0 Å². The highest BCUT2D eigenvalue weighted by molar-refractivity contribution is 9.11. The van der Waals surface area contributed by atoms with Crippen LogP contribution >= 0.6 is 47.8 Å². The highest BCUT2D eigenvalue weighted by Gasteiger charge is 2.19. The van der Waals surface area contributed by atoms with Crippen LogP contribution < -0.4 is 5.32 Å². The monoisotopic (exact) mass is 459 g/mol. The van der Waals surface area contributed by atoms with Crippen molar-refractivity contribution in [2.75, 3.05) is 6.54 Å². The van der Waals surface area contributed by atoms with Gasteiger partial charge in [-0.15, -0.1) is 0 Å². The van der Waals surface area contributed by atoms with Crippen molar-refractivity contribution in [3.63, 3.8) is 0 Å². The third-order valence-electron chi connectivity index (χ3n) is 3.21. The maximum Gasteiger partial charge on any atom is 0.0599 e. The van der Waals surface area contributed by atoms with Crippen molar-refractivity contribution in [1.82, 2.24) is 5.32 Å². The molecule has 1 unspecified atom stereocenters. The Bertz CT molecular complexity index is 609. The first kappa shape index (κ1) is 16.2. The summed E-state index contributed by atoms with van der Waals surface area (Å²) in [7, 11) is 0. The Hall–Kier alpha value is -0.160. The van der Waals surface area contributed by atoms with Gasteiger partial charge >= 0.3 is 0 Å². The molecule has 0 spiro atoms. The number of benzene rings is 2. The highest BCUT2D eigenvalue weighted by Crippen LogP contribution is 2.35. The lowest BCUT2D eigenvalue weighted by atomic mass is 9.97. The maximum atomic E-state index is 3.72. The Morgan fingerprint density at radius 3 is 2.50 bits per heavy atom. The molecule has 1 N–H and O–H groups in total. The molecular weight excluding hydrogens is 446 g/mol. The molecule has 1 atom stereocenters. The van der Waals surface area contributed by atoms with Crippen LogP contribution in [0.25, 0.3) is 0 Å². The molecule has 0 radical (unpaired) electrons. The van der Waals surface area contributed by atoms with Crippen LogP contribution in [0.2, 0.25) is 0 Å². The summed E-state index contributed by atoms with van der Waals surface area (Å²) in [6.07, 6.45) is 0. The SMILES string of the molecule is CCNC(c1cc(Br)ccc1Br)c1cccc(C)c1Br. The van der Waals surface area contributed by atoms with Gasteiger partial charge in [0.15, 0.2) is 0 Å². The van der Waals surface area contributed by atoms with Crippen molar-refractivity contribution >= 4 is 47.8 Å². The molecule has 0 amide bonds. The molecule has 106 valence electrons. The van der Waals surface area contributed by atoms with E-state index in [0.717, 1.165) is 20.0 Å². The lowest BCUT2D eigenvalue weighted by Crippen LogP contribution is -2.23. The fraction of sp³-hybridized carbons (Fsp3) is 0.250. The van der Waals surface area contributed by atoms with Gasteiger partial charge in [-0.25, -0.2) is 0 Å². The molecule has 0 heterocycles. The van der Waals surface area contributed by atoms with Crippen molar-refractivity contribution in [3.8, 4) is 0 Å². The largest absolute Gasteiger partial charge is 0.306 e. The summed E-state index contributed by atoms with van der Waals surface area (Å²) >= 11 is 11.0. The second-order valence-corrected chi connectivity index (χ2v) is 7.20. The van der Waals surface area contributed by atoms with Gasteiger partial charge in [-0.3, -0.25) is 0 Å². The fourth-order valence-corrected chi connectivity index (χ4v) is 3.57. The molecule has 2 rings (SSSR count). The molecule has 0 fully saturated rings. The number of rotatable bonds is 4. The molecule has 0 aliphatic rings. The van der Waals surface area contributed by atoms with E-state index in [9.17, 15) is 0 Å². The van der Waals surface area contributed by atoms with Crippen LogP contribution in [0, 0.1) is 6.92 Å². The second kappa shape index (κ2) is 7.21.